The Morgan fingerprint density at radius 1 is 1.37 bits per heavy atom. The topological polar surface area (TPSA) is 38.9 Å². The number of pyridine rings is 1. The second kappa shape index (κ2) is 6.99. The number of ether oxygens (including phenoxy) is 1. The average molecular weight is 276 g/mol. The van der Waals surface area contributed by atoms with E-state index < -0.39 is 0 Å². The van der Waals surface area contributed by atoms with Gasteiger partial charge in [-0.05, 0) is 18.9 Å². The first-order valence-corrected chi connectivity index (χ1v) is 7.10. The molecule has 0 fully saturated rings. The normalized spacial score (nSPS) is 11.1. The van der Waals surface area contributed by atoms with Gasteiger partial charge in [-0.3, -0.25) is 0 Å². The minimum absolute atomic E-state index is 0.626. The molecule has 0 aromatic carbocycles. The summed E-state index contributed by atoms with van der Waals surface area (Å²) in [4.78, 5) is 0. The van der Waals surface area contributed by atoms with Gasteiger partial charge in [-0.2, -0.15) is 4.37 Å². The molecule has 0 aliphatic carbocycles. The molecule has 0 spiro atoms. The van der Waals surface area contributed by atoms with E-state index in [4.69, 9.17) is 4.74 Å². The van der Waals surface area contributed by atoms with Crippen LogP contribution in [0.25, 0.3) is 11.3 Å². The lowest BCUT2D eigenvalue weighted by Gasteiger charge is -2.02. The smallest absolute Gasteiger partial charge is 0.254 e. The lowest BCUT2D eigenvalue weighted by atomic mass is 10.2. The van der Waals surface area contributed by atoms with E-state index in [0.717, 1.165) is 24.1 Å². The van der Waals surface area contributed by atoms with Gasteiger partial charge < -0.3 is 4.74 Å². The van der Waals surface area contributed by atoms with Crippen LogP contribution in [0.3, 0.4) is 0 Å². The minimum Gasteiger partial charge on any atom is -0.475 e. The predicted octanol–water partition coefficient (Wildman–Crippen LogP) is 2.76. The predicted molar refractivity (Wildman–Crippen MR) is 76.1 cm³/mol. The standard InChI is InChI=1S/C14H18N3OS/c1-3-4-5-6-10-18-14-13(15-19-16-14)12-8-7-9-17(2)11-12/h4-5,7-9,11H,3,6,10H2,1-2H3/q+1/b5-4-. The highest BCUT2D eigenvalue weighted by atomic mass is 32.1. The summed E-state index contributed by atoms with van der Waals surface area (Å²) in [5.74, 6) is 0.626. The van der Waals surface area contributed by atoms with E-state index in [-0.39, 0.29) is 0 Å². The molecule has 2 rings (SSSR count). The summed E-state index contributed by atoms with van der Waals surface area (Å²) in [7, 11) is 1.99. The monoisotopic (exact) mass is 276 g/mol. The number of hydrogen-bond acceptors (Lipinski definition) is 4. The van der Waals surface area contributed by atoms with Crippen molar-refractivity contribution in [2.45, 2.75) is 19.8 Å². The zero-order valence-corrected chi connectivity index (χ0v) is 12.1. The third-order valence-electron chi connectivity index (χ3n) is 2.60. The van der Waals surface area contributed by atoms with Crippen LogP contribution >= 0.6 is 11.7 Å². The van der Waals surface area contributed by atoms with Gasteiger partial charge in [0.05, 0.1) is 23.9 Å². The third kappa shape index (κ3) is 3.86. The van der Waals surface area contributed by atoms with Crippen LogP contribution in [-0.4, -0.2) is 15.4 Å². The number of aryl methyl sites for hydroxylation is 1. The summed E-state index contributed by atoms with van der Waals surface area (Å²) >= 11 is 1.18. The molecule has 0 aliphatic heterocycles. The van der Waals surface area contributed by atoms with Crippen LogP contribution in [-0.2, 0) is 7.05 Å². The van der Waals surface area contributed by atoms with E-state index >= 15 is 0 Å². The summed E-state index contributed by atoms with van der Waals surface area (Å²) < 4.78 is 16.2. The Kier molecular flexibility index (Phi) is 5.03. The number of rotatable bonds is 6. The molecule has 4 nitrogen and oxygen atoms in total. The second-order valence-corrected chi connectivity index (χ2v) is 4.72. The number of aromatic nitrogens is 3. The fourth-order valence-corrected chi connectivity index (χ4v) is 2.21. The van der Waals surface area contributed by atoms with Crippen molar-refractivity contribution in [1.29, 1.82) is 0 Å². The molecule has 0 unspecified atom stereocenters. The van der Waals surface area contributed by atoms with Gasteiger partial charge in [-0.25, -0.2) is 4.57 Å². The lowest BCUT2D eigenvalue weighted by Crippen LogP contribution is -2.26. The maximum absolute atomic E-state index is 5.69. The number of allylic oxidation sites excluding steroid dienone is 1. The summed E-state index contributed by atoms with van der Waals surface area (Å²) in [6.45, 7) is 2.75. The molecule has 2 aromatic rings. The van der Waals surface area contributed by atoms with Crippen molar-refractivity contribution in [2.75, 3.05) is 6.61 Å². The van der Waals surface area contributed by atoms with Gasteiger partial charge in [0.15, 0.2) is 18.1 Å². The molecular weight excluding hydrogens is 258 g/mol. The Hall–Kier alpha value is -1.75. The molecule has 2 heterocycles. The second-order valence-electron chi connectivity index (χ2n) is 4.19. The maximum Gasteiger partial charge on any atom is 0.254 e. The summed E-state index contributed by atoms with van der Waals surface area (Å²) in [6.07, 6.45) is 10.2. The van der Waals surface area contributed by atoms with Gasteiger partial charge >= 0.3 is 0 Å². The van der Waals surface area contributed by atoms with Gasteiger partial charge in [0.1, 0.15) is 7.05 Å². The Morgan fingerprint density at radius 3 is 3.05 bits per heavy atom. The number of nitrogens with zero attached hydrogens (tertiary/aromatic N) is 3. The molecule has 0 radical (unpaired) electrons. The molecule has 0 bridgehead atoms. The van der Waals surface area contributed by atoms with E-state index in [1.165, 1.54) is 11.7 Å². The van der Waals surface area contributed by atoms with Gasteiger partial charge in [-0.15, -0.1) is 4.37 Å². The van der Waals surface area contributed by atoms with E-state index in [1.807, 2.05) is 36.1 Å². The molecule has 100 valence electrons. The zero-order valence-electron chi connectivity index (χ0n) is 11.2. The molecule has 0 N–H and O–H groups in total. The van der Waals surface area contributed by atoms with E-state index in [2.05, 4.69) is 27.8 Å². The molecule has 5 heteroatoms. The maximum atomic E-state index is 5.69. The van der Waals surface area contributed by atoms with Crippen LogP contribution in [0.2, 0.25) is 0 Å². The first kappa shape index (κ1) is 13.7. The highest BCUT2D eigenvalue weighted by Crippen LogP contribution is 2.26. The molecule has 2 aromatic heterocycles. The summed E-state index contributed by atoms with van der Waals surface area (Å²) in [5, 5.41) is 0. The Labute approximate surface area is 117 Å². The quantitative estimate of drug-likeness (QED) is 0.462. The Balaban J connectivity index is 2.03. The van der Waals surface area contributed by atoms with Crippen molar-refractivity contribution in [2.24, 2.45) is 7.05 Å². The fourth-order valence-electron chi connectivity index (χ4n) is 1.69. The van der Waals surface area contributed by atoms with Crippen LogP contribution in [0.5, 0.6) is 5.88 Å². The minimum atomic E-state index is 0.626. The molecule has 0 saturated heterocycles. The highest BCUT2D eigenvalue weighted by molar-refractivity contribution is 6.99. The third-order valence-corrected chi connectivity index (χ3v) is 3.11. The first-order valence-electron chi connectivity index (χ1n) is 6.37. The van der Waals surface area contributed by atoms with Crippen LogP contribution in [0.15, 0.2) is 36.7 Å². The van der Waals surface area contributed by atoms with Crippen molar-refractivity contribution in [1.82, 2.24) is 8.75 Å². The molecular formula is C14H18N3OS+. The average Bonchev–Trinajstić information content (AvgIpc) is 2.87. The van der Waals surface area contributed by atoms with E-state index in [0.29, 0.717) is 12.5 Å². The molecule has 19 heavy (non-hydrogen) atoms. The van der Waals surface area contributed by atoms with Crippen LogP contribution in [0.1, 0.15) is 19.8 Å². The van der Waals surface area contributed by atoms with E-state index in [1.54, 1.807) is 0 Å². The summed E-state index contributed by atoms with van der Waals surface area (Å²) in [6, 6.07) is 4.00. The van der Waals surface area contributed by atoms with Gasteiger partial charge in [0, 0.05) is 6.07 Å². The molecule has 0 amide bonds. The largest absolute Gasteiger partial charge is 0.475 e. The highest BCUT2D eigenvalue weighted by Gasteiger charge is 2.13. The van der Waals surface area contributed by atoms with Crippen molar-refractivity contribution in [3.05, 3.63) is 36.7 Å². The van der Waals surface area contributed by atoms with Gasteiger partial charge in [-0.1, -0.05) is 19.1 Å². The zero-order chi connectivity index (χ0) is 13.5. The molecule has 0 saturated carbocycles. The Morgan fingerprint density at radius 2 is 2.26 bits per heavy atom. The molecule has 0 aliphatic rings. The van der Waals surface area contributed by atoms with Crippen molar-refractivity contribution in [3.8, 4) is 17.1 Å². The lowest BCUT2D eigenvalue weighted by molar-refractivity contribution is -0.671. The SMILES string of the molecule is CC/C=C\CCOc1nsnc1-c1ccc[n+](C)c1. The van der Waals surface area contributed by atoms with Crippen molar-refractivity contribution < 1.29 is 9.30 Å². The van der Waals surface area contributed by atoms with Gasteiger partial charge in [0.2, 0.25) is 0 Å². The molecule has 0 atom stereocenters. The fraction of sp³-hybridized carbons (Fsp3) is 0.357. The van der Waals surface area contributed by atoms with Crippen LogP contribution < -0.4 is 9.30 Å². The Bertz CT molecular complexity index is 551. The van der Waals surface area contributed by atoms with Crippen molar-refractivity contribution in [3.63, 3.8) is 0 Å². The number of hydrogen-bond donors (Lipinski definition) is 0. The summed E-state index contributed by atoms with van der Waals surface area (Å²) in [5.41, 5.74) is 1.85. The van der Waals surface area contributed by atoms with E-state index in [9.17, 15) is 0 Å². The first-order chi connectivity index (χ1) is 9.31. The van der Waals surface area contributed by atoms with Crippen LogP contribution in [0.4, 0.5) is 0 Å². The van der Waals surface area contributed by atoms with Crippen molar-refractivity contribution >= 4 is 11.7 Å². The van der Waals surface area contributed by atoms with Crippen LogP contribution in [0, 0.1) is 0 Å². The van der Waals surface area contributed by atoms with Gasteiger partial charge in [0.25, 0.3) is 5.88 Å².